The summed E-state index contributed by atoms with van der Waals surface area (Å²) >= 11 is 0. The molecule has 4 aromatic rings. The van der Waals surface area contributed by atoms with Gasteiger partial charge in [-0.05, 0) is 17.7 Å². The number of rotatable bonds is 5. The third-order valence-corrected chi connectivity index (χ3v) is 5.28. The van der Waals surface area contributed by atoms with Crippen LogP contribution in [0.3, 0.4) is 0 Å². The van der Waals surface area contributed by atoms with Gasteiger partial charge in [0.25, 0.3) is 0 Å². The van der Waals surface area contributed by atoms with Crippen molar-refractivity contribution in [1.82, 2.24) is 29.7 Å². The summed E-state index contributed by atoms with van der Waals surface area (Å²) in [6, 6.07) is 16.2. The lowest BCUT2D eigenvalue weighted by Gasteiger charge is -2.38. The number of benzene rings is 2. The molecule has 2 aromatic carbocycles. The van der Waals surface area contributed by atoms with Gasteiger partial charge < -0.3 is 4.90 Å². The lowest BCUT2D eigenvalue weighted by atomic mass is 10.1. The summed E-state index contributed by atoms with van der Waals surface area (Å²) in [5.74, 6) is -0.277. The van der Waals surface area contributed by atoms with Gasteiger partial charge in [-0.25, -0.2) is 9.07 Å². The molecular formula is C22H19FN6O. The standard InChI is InChI=1S/C22H19FN6O/c23-19-8-6-16(7-9-19)18-10-24-28(11-18)15-22(30)27-12-20(13-27)29-14-21(25-26-29)17-4-2-1-3-5-17/h1-11,14,20H,12-13,15H2. The summed E-state index contributed by atoms with van der Waals surface area (Å²) in [6.07, 6.45) is 5.40. The zero-order valence-electron chi connectivity index (χ0n) is 16.1. The van der Waals surface area contributed by atoms with Crippen LogP contribution in [-0.4, -0.2) is 48.7 Å². The Hall–Kier alpha value is -3.81. The molecule has 30 heavy (non-hydrogen) atoms. The van der Waals surface area contributed by atoms with Crippen molar-refractivity contribution in [2.75, 3.05) is 13.1 Å². The minimum Gasteiger partial charge on any atom is -0.337 e. The van der Waals surface area contributed by atoms with Crippen LogP contribution in [0.4, 0.5) is 4.39 Å². The predicted octanol–water partition coefficient (Wildman–Crippen LogP) is 3.03. The molecule has 0 N–H and O–H groups in total. The number of amides is 1. The molecule has 7 nitrogen and oxygen atoms in total. The molecule has 1 fully saturated rings. The van der Waals surface area contributed by atoms with E-state index in [9.17, 15) is 9.18 Å². The zero-order valence-corrected chi connectivity index (χ0v) is 16.1. The molecule has 0 radical (unpaired) electrons. The smallest absolute Gasteiger partial charge is 0.244 e. The molecule has 0 unspecified atom stereocenters. The first-order valence-corrected chi connectivity index (χ1v) is 9.69. The summed E-state index contributed by atoms with van der Waals surface area (Å²) in [5, 5.41) is 12.7. The second kappa shape index (κ2) is 7.55. The summed E-state index contributed by atoms with van der Waals surface area (Å²) in [5.41, 5.74) is 3.55. The highest BCUT2D eigenvalue weighted by Crippen LogP contribution is 2.24. The monoisotopic (exact) mass is 402 g/mol. The topological polar surface area (TPSA) is 68.8 Å². The van der Waals surface area contributed by atoms with Crippen molar-refractivity contribution in [1.29, 1.82) is 0 Å². The van der Waals surface area contributed by atoms with Gasteiger partial charge in [0, 0.05) is 30.4 Å². The second-order valence-corrected chi connectivity index (χ2v) is 7.34. The normalized spacial score (nSPS) is 14.0. The van der Waals surface area contributed by atoms with Crippen molar-refractivity contribution in [3.05, 3.63) is 79.0 Å². The lowest BCUT2D eigenvalue weighted by Crippen LogP contribution is -2.51. The molecule has 1 aliphatic heterocycles. The number of carbonyl (C=O) groups is 1. The molecule has 1 aliphatic rings. The van der Waals surface area contributed by atoms with Crippen molar-refractivity contribution in [3.8, 4) is 22.4 Å². The van der Waals surface area contributed by atoms with E-state index in [-0.39, 0.29) is 24.3 Å². The number of hydrogen-bond donors (Lipinski definition) is 0. The van der Waals surface area contributed by atoms with Crippen molar-refractivity contribution < 1.29 is 9.18 Å². The highest BCUT2D eigenvalue weighted by molar-refractivity contribution is 5.77. The summed E-state index contributed by atoms with van der Waals surface area (Å²) in [7, 11) is 0. The van der Waals surface area contributed by atoms with E-state index in [1.54, 1.807) is 34.1 Å². The Bertz CT molecular complexity index is 1160. The molecule has 0 aliphatic carbocycles. The Morgan fingerprint density at radius 2 is 1.73 bits per heavy atom. The van der Waals surface area contributed by atoms with Gasteiger partial charge >= 0.3 is 0 Å². The van der Waals surface area contributed by atoms with Crippen LogP contribution >= 0.6 is 0 Å². The number of nitrogens with zero attached hydrogens (tertiary/aromatic N) is 6. The Balaban J connectivity index is 1.18. The van der Waals surface area contributed by atoms with Crippen LogP contribution in [0.1, 0.15) is 6.04 Å². The van der Waals surface area contributed by atoms with Crippen LogP contribution in [0.2, 0.25) is 0 Å². The van der Waals surface area contributed by atoms with E-state index in [4.69, 9.17) is 0 Å². The van der Waals surface area contributed by atoms with Gasteiger partial charge in [-0.2, -0.15) is 5.10 Å². The van der Waals surface area contributed by atoms with Gasteiger partial charge in [0.1, 0.15) is 18.1 Å². The Morgan fingerprint density at radius 1 is 0.967 bits per heavy atom. The Morgan fingerprint density at radius 3 is 2.50 bits per heavy atom. The molecule has 5 rings (SSSR count). The number of hydrogen-bond acceptors (Lipinski definition) is 4. The maximum atomic E-state index is 13.1. The first-order chi connectivity index (χ1) is 14.7. The van der Waals surface area contributed by atoms with Crippen LogP contribution in [-0.2, 0) is 11.3 Å². The fraction of sp³-hybridized carbons (Fsp3) is 0.182. The van der Waals surface area contributed by atoms with E-state index in [1.807, 2.05) is 41.2 Å². The molecule has 1 amide bonds. The zero-order chi connectivity index (χ0) is 20.5. The minimum absolute atomic E-state index is 0.00315. The SMILES string of the molecule is O=C(Cn1cc(-c2ccc(F)cc2)cn1)N1CC(n2cc(-c3ccccc3)nn2)C1. The highest BCUT2D eigenvalue weighted by Gasteiger charge is 2.32. The average molecular weight is 402 g/mol. The first kappa shape index (κ1) is 18.2. The molecule has 0 saturated carbocycles. The van der Waals surface area contributed by atoms with Crippen molar-refractivity contribution in [2.24, 2.45) is 0 Å². The van der Waals surface area contributed by atoms with E-state index in [1.165, 1.54) is 12.1 Å². The van der Waals surface area contributed by atoms with Crippen LogP contribution in [0.5, 0.6) is 0 Å². The summed E-state index contributed by atoms with van der Waals surface area (Å²) in [4.78, 5) is 14.3. The van der Waals surface area contributed by atoms with Crippen LogP contribution in [0.25, 0.3) is 22.4 Å². The van der Waals surface area contributed by atoms with E-state index in [2.05, 4.69) is 15.4 Å². The molecule has 1 saturated heterocycles. The van der Waals surface area contributed by atoms with Crippen LogP contribution in [0.15, 0.2) is 73.2 Å². The number of halogens is 1. The average Bonchev–Trinajstić information content (AvgIpc) is 3.38. The molecule has 150 valence electrons. The lowest BCUT2D eigenvalue weighted by molar-refractivity contribution is -0.138. The fourth-order valence-corrected chi connectivity index (χ4v) is 3.50. The predicted molar refractivity (Wildman–Crippen MR) is 109 cm³/mol. The third kappa shape index (κ3) is 3.59. The molecular weight excluding hydrogens is 383 g/mol. The molecule has 0 spiro atoms. The van der Waals surface area contributed by atoms with Crippen molar-refractivity contribution in [2.45, 2.75) is 12.6 Å². The van der Waals surface area contributed by atoms with Crippen LogP contribution in [0, 0.1) is 5.82 Å². The van der Waals surface area contributed by atoms with Gasteiger partial charge in [-0.3, -0.25) is 9.48 Å². The van der Waals surface area contributed by atoms with Crippen molar-refractivity contribution in [3.63, 3.8) is 0 Å². The van der Waals surface area contributed by atoms with Gasteiger partial charge in [-0.15, -0.1) is 5.10 Å². The largest absolute Gasteiger partial charge is 0.337 e. The fourth-order valence-electron chi connectivity index (χ4n) is 3.50. The van der Waals surface area contributed by atoms with E-state index < -0.39 is 0 Å². The van der Waals surface area contributed by atoms with E-state index >= 15 is 0 Å². The van der Waals surface area contributed by atoms with E-state index in [0.29, 0.717) is 13.1 Å². The Labute approximate surface area is 172 Å². The maximum Gasteiger partial charge on any atom is 0.244 e. The third-order valence-electron chi connectivity index (χ3n) is 5.28. The summed E-state index contributed by atoms with van der Waals surface area (Å²) < 4.78 is 16.5. The quantitative estimate of drug-likeness (QED) is 0.515. The number of likely N-dealkylation sites (tertiary alicyclic amines) is 1. The summed E-state index contributed by atoms with van der Waals surface area (Å²) in [6.45, 7) is 1.37. The molecule has 2 aromatic heterocycles. The first-order valence-electron chi connectivity index (χ1n) is 9.69. The van der Waals surface area contributed by atoms with Crippen LogP contribution < -0.4 is 0 Å². The van der Waals surface area contributed by atoms with Gasteiger partial charge in [0.15, 0.2) is 0 Å². The maximum absolute atomic E-state index is 13.1. The number of aromatic nitrogens is 5. The second-order valence-electron chi connectivity index (χ2n) is 7.34. The van der Waals surface area contributed by atoms with Crippen molar-refractivity contribution >= 4 is 5.91 Å². The highest BCUT2D eigenvalue weighted by atomic mass is 19.1. The van der Waals surface area contributed by atoms with E-state index in [0.717, 1.165) is 22.4 Å². The van der Waals surface area contributed by atoms with Gasteiger partial charge in [0.05, 0.1) is 18.4 Å². The number of carbonyl (C=O) groups excluding carboxylic acids is 1. The Kier molecular flexibility index (Phi) is 4.59. The molecule has 0 atom stereocenters. The van der Waals surface area contributed by atoms with Gasteiger partial charge in [-0.1, -0.05) is 47.7 Å². The minimum atomic E-state index is -0.281. The van der Waals surface area contributed by atoms with Gasteiger partial charge in [0.2, 0.25) is 5.91 Å². The molecule has 0 bridgehead atoms. The molecule has 8 heteroatoms. The molecule has 3 heterocycles.